The number of hydrogen-bond acceptors (Lipinski definition) is 3. The second-order valence-corrected chi connectivity index (χ2v) is 6.85. The van der Waals surface area contributed by atoms with Gasteiger partial charge in [0.15, 0.2) is 5.11 Å². The van der Waals surface area contributed by atoms with Crippen molar-refractivity contribution in [3.05, 3.63) is 59.2 Å². The first-order valence-electron chi connectivity index (χ1n) is 9.26. The van der Waals surface area contributed by atoms with Gasteiger partial charge >= 0.3 is 0 Å². The van der Waals surface area contributed by atoms with Crippen molar-refractivity contribution in [2.75, 3.05) is 23.3 Å². The zero-order valence-corrected chi connectivity index (χ0v) is 16.3. The van der Waals surface area contributed by atoms with Gasteiger partial charge in [-0.05, 0) is 79.4 Å². The minimum Gasteiger partial charge on any atom is -0.372 e. The molecule has 1 heterocycles. The highest BCUT2D eigenvalue weighted by atomic mass is 32.1. The van der Waals surface area contributed by atoms with E-state index in [0.29, 0.717) is 5.11 Å². The van der Waals surface area contributed by atoms with Crippen LogP contribution in [0.2, 0.25) is 0 Å². The van der Waals surface area contributed by atoms with Crippen LogP contribution < -0.4 is 15.6 Å². The van der Waals surface area contributed by atoms with Gasteiger partial charge in [-0.15, -0.1) is 0 Å². The van der Waals surface area contributed by atoms with Gasteiger partial charge < -0.3 is 10.2 Å². The van der Waals surface area contributed by atoms with Gasteiger partial charge in [0.1, 0.15) is 0 Å². The van der Waals surface area contributed by atoms with Gasteiger partial charge in [-0.1, -0.05) is 25.1 Å². The minimum absolute atomic E-state index is 0.487. The molecule has 1 aliphatic rings. The second kappa shape index (κ2) is 8.81. The summed E-state index contributed by atoms with van der Waals surface area (Å²) in [4.78, 5) is 2.43. The Morgan fingerprint density at radius 2 is 2.00 bits per heavy atom. The summed E-state index contributed by atoms with van der Waals surface area (Å²) in [5.41, 5.74) is 9.00. The summed E-state index contributed by atoms with van der Waals surface area (Å²) >= 11 is 5.30. The molecule has 2 aromatic rings. The van der Waals surface area contributed by atoms with E-state index < -0.39 is 0 Å². The average molecular weight is 367 g/mol. The van der Waals surface area contributed by atoms with Crippen molar-refractivity contribution in [2.24, 2.45) is 5.10 Å². The first-order valence-corrected chi connectivity index (χ1v) is 9.67. The highest BCUT2D eigenvalue weighted by Gasteiger charge is 2.15. The maximum Gasteiger partial charge on any atom is 0.191 e. The Bertz CT molecular complexity index is 783. The highest BCUT2D eigenvalue weighted by Crippen LogP contribution is 2.27. The quantitative estimate of drug-likeness (QED) is 0.469. The van der Waals surface area contributed by atoms with Crippen LogP contribution in [-0.4, -0.2) is 24.4 Å². The van der Waals surface area contributed by atoms with E-state index in [9.17, 15) is 0 Å². The van der Waals surface area contributed by atoms with Crippen LogP contribution in [-0.2, 0) is 12.8 Å². The first kappa shape index (κ1) is 18.4. The highest BCUT2D eigenvalue weighted by molar-refractivity contribution is 7.80. The molecule has 0 aliphatic carbocycles. The van der Waals surface area contributed by atoms with Gasteiger partial charge in [-0.2, -0.15) is 5.10 Å². The van der Waals surface area contributed by atoms with Crippen molar-refractivity contribution in [1.29, 1.82) is 0 Å². The molecule has 4 nitrogen and oxygen atoms in total. The molecule has 2 aromatic carbocycles. The molecule has 3 rings (SSSR count). The molecule has 5 heteroatoms. The molecule has 0 amide bonds. The first-order chi connectivity index (χ1) is 12.7. The fraction of sp³-hybridized carbons (Fsp3) is 0.333. The van der Waals surface area contributed by atoms with Crippen LogP contribution in [0.25, 0.3) is 0 Å². The maximum absolute atomic E-state index is 5.30. The molecule has 0 radical (unpaired) electrons. The maximum atomic E-state index is 5.30. The normalized spacial score (nSPS) is 13.5. The van der Waals surface area contributed by atoms with Crippen molar-refractivity contribution < 1.29 is 0 Å². The van der Waals surface area contributed by atoms with Crippen LogP contribution in [0.1, 0.15) is 37.0 Å². The predicted molar refractivity (Wildman–Crippen MR) is 115 cm³/mol. The van der Waals surface area contributed by atoms with Crippen LogP contribution in [0.5, 0.6) is 0 Å². The largest absolute Gasteiger partial charge is 0.372 e. The topological polar surface area (TPSA) is 39.7 Å². The molecule has 0 spiro atoms. The third-order valence-electron chi connectivity index (χ3n) is 4.70. The number of anilines is 2. The van der Waals surface area contributed by atoms with Crippen molar-refractivity contribution in [3.63, 3.8) is 0 Å². The summed E-state index contributed by atoms with van der Waals surface area (Å²) in [7, 11) is 0. The van der Waals surface area contributed by atoms with Crippen LogP contribution in [0.3, 0.4) is 0 Å². The van der Waals surface area contributed by atoms with Crippen LogP contribution in [0.15, 0.2) is 47.6 Å². The molecular weight excluding hydrogens is 340 g/mol. The Labute approximate surface area is 161 Å². The molecule has 26 heavy (non-hydrogen) atoms. The number of benzene rings is 2. The summed E-state index contributed by atoms with van der Waals surface area (Å²) in [6.07, 6.45) is 5.20. The average Bonchev–Trinajstić information content (AvgIpc) is 2.68. The number of fused-ring (bicyclic) bond motifs is 1. The van der Waals surface area contributed by atoms with E-state index in [1.54, 1.807) is 0 Å². The standard InChI is InChI=1S/C21H26N4S/c1-3-16-7-10-19(11-8-16)23-21(26)24-22-15-17-9-12-20-18(14-17)6-5-13-25(20)4-2/h7-12,14-15H,3-6,13H2,1-2H3,(H2,23,24,26). The molecule has 0 unspecified atom stereocenters. The fourth-order valence-corrected chi connectivity index (χ4v) is 3.42. The summed E-state index contributed by atoms with van der Waals surface area (Å²) in [6.45, 7) is 6.56. The van der Waals surface area contributed by atoms with E-state index in [0.717, 1.165) is 37.2 Å². The Morgan fingerprint density at radius 3 is 2.73 bits per heavy atom. The van der Waals surface area contributed by atoms with Crippen LogP contribution >= 0.6 is 12.2 Å². The summed E-state index contributed by atoms with van der Waals surface area (Å²) < 4.78 is 0. The second-order valence-electron chi connectivity index (χ2n) is 6.45. The summed E-state index contributed by atoms with van der Waals surface area (Å²) in [5.74, 6) is 0. The van der Waals surface area contributed by atoms with E-state index in [1.807, 2.05) is 18.3 Å². The lowest BCUT2D eigenvalue weighted by molar-refractivity contribution is 0.708. The van der Waals surface area contributed by atoms with Gasteiger partial charge in [0.2, 0.25) is 0 Å². The molecule has 0 fully saturated rings. The Hall–Kier alpha value is -2.40. The monoisotopic (exact) mass is 366 g/mol. The van der Waals surface area contributed by atoms with Crippen molar-refractivity contribution >= 4 is 34.9 Å². The molecule has 0 saturated carbocycles. The van der Waals surface area contributed by atoms with E-state index in [-0.39, 0.29) is 0 Å². The summed E-state index contributed by atoms with van der Waals surface area (Å²) in [5, 5.41) is 7.90. The van der Waals surface area contributed by atoms with Gasteiger partial charge in [0.05, 0.1) is 6.21 Å². The molecule has 2 N–H and O–H groups in total. The molecule has 1 aliphatic heterocycles. The predicted octanol–water partition coefficient (Wildman–Crippen LogP) is 4.34. The van der Waals surface area contributed by atoms with E-state index >= 15 is 0 Å². The van der Waals surface area contributed by atoms with Crippen molar-refractivity contribution in [1.82, 2.24) is 5.43 Å². The number of nitrogens with one attached hydrogen (secondary N) is 2. The molecule has 0 atom stereocenters. The molecule has 0 saturated heterocycles. The number of rotatable bonds is 5. The Morgan fingerprint density at radius 1 is 1.19 bits per heavy atom. The third-order valence-corrected chi connectivity index (χ3v) is 4.89. The van der Waals surface area contributed by atoms with Gasteiger partial charge in [-0.25, -0.2) is 0 Å². The number of aryl methyl sites for hydroxylation is 2. The Balaban J connectivity index is 1.57. The molecule has 0 bridgehead atoms. The number of nitrogens with zero attached hydrogens (tertiary/aromatic N) is 2. The fourth-order valence-electron chi connectivity index (χ4n) is 3.25. The SMILES string of the molecule is CCc1ccc(NC(=S)NN=Cc2ccc3c(c2)CCCN3CC)cc1. The zero-order chi connectivity index (χ0) is 18.4. The molecule has 0 aromatic heterocycles. The third kappa shape index (κ3) is 4.61. The lowest BCUT2D eigenvalue weighted by atomic mass is 9.99. The van der Waals surface area contributed by atoms with Gasteiger partial charge in [0.25, 0.3) is 0 Å². The van der Waals surface area contributed by atoms with Crippen molar-refractivity contribution in [2.45, 2.75) is 33.1 Å². The van der Waals surface area contributed by atoms with E-state index in [4.69, 9.17) is 12.2 Å². The smallest absolute Gasteiger partial charge is 0.191 e. The number of hydrogen-bond donors (Lipinski definition) is 2. The van der Waals surface area contributed by atoms with E-state index in [2.05, 4.69) is 64.9 Å². The zero-order valence-electron chi connectivity index (χ0n) is 15.5. The van der Waals surface area contributed by atoms with Crippen LogP contribution in [0.4, 0.5) is 11.4 Å². The number of hydrazone groups is 1. The van der Waals surface area contributed by atoms with Crippen molar-refractivity contribution in [3.8, 4) is 0 Å². The van der Waals surface area contributed by atoms with Crippen LogP contribution in [0, 0.1) is 0 Å². The minimum atomic E-state index is 0.487. The lowest BCUT2D eigenvalue weighted by Gasteiger charge is -2.30. The number of thiocarbonyl (C=S) groups is 1. The molecular formula is C21H26N4S. The summed E-state index contributed by atoms with van der Waals surface area (Å²) in [6, 6.07) is 14.8. The molecule has 136 valence electrons. The van der Waals surface area contributed by atoms with E-state index in [1.165, 1.54) is 23.2 Å². The van der Waals surface area contributed by atoms with Gasteiger partial charge in [0, 0.05) is 24.5 Å². The lowest BCUT2D eigenvalue weighted by Crippen LogP contribution is -2.28. The van der Waals surface area contributed by atoms with Gasteiger partial charge in [-0.3, -0.25) is 5.43 Å². The Kier molecular flexibility index (Phi) is 6.23.